The summed E-state index contributed by atoms with van der Waals surface area (Å²) < 4.78 is 27.2. The second-order valence-corrected chi connectivity index (χ2v) is 12.9. The maximum atomic E-state index is 14.0. The quantitative estimate of drug-likeness (QED) is 0.288. The largest absolute Gasteiger partial charge is 0.352 e. The molecule has 1 N–H and O–H groups in total. The SMILES string of the molecule is CC(C)NC(=O)C(Cc1ccccc1)N(Cc1ccc(Cl)c(Cl)c1)C(=O)CN(c1ccccc1Br)S(C)(=O)=O. The maximum absolute atomic E-state index is 14.0. The van der Waals surface area contributed by atoms with Gasteiger partial charge in [0.2, 0.25) is 21.8 Å². The Hall–Kier alpha value is -2.59. The Labute approximate surface area is 248 Å². The lowest BCUT2D eigenvalue weighted by Gasteiger charge is -2.34. The van der Waals surface area contributed by atoms with Gasteiger partial charge in [-0.3, -0.25) is 13.9 Å². The van der Waals surface area contributed by atoms with E-state index in [4.69, 9.17) is 23.2 Å². The van der Waals surface area contributed by atoms with Crippen molar-refractivity contribution < 1.29 is 18.0 Å². The van der Waals surface area contributed by atoms with Crippen molar-refractivity contribution in [2.24, 2.45) is 0 Å². The molecule has 0 aliphatic heterocycles. The molecule has 0 saturated carbocycles. The summed E-state index contributed by atoms with van der Waals surface area (Å²) in [6.45, 7) is 3.16. The number of anilines is 1. The highest BCUT2D eigenvalue weighted by Crippen LogP contribution is 2.29. The number of hydrogen-bond acceptors (Lipinski definition) is 4. The second-order valence-electron chi connectivity index (χ2n) is 9.36. The highest BCUT2D eigenvalue weighted by atomic mass is 79.9. The predicted octanol–water partition coefficient (Wildman–Crippen LogP) is 5.69. The van der Waals surface area contributed by atoms with E-state index in [1.54, 1.807) is 42.5 Å². The number of nitrogens with one attached hydrogen (secondary N) is 1. The number of halogens is 3. The number of amides is 2. The van der Waals surface area contributed by atoms with E-state index in [2.05, 4.69) is 21.2 Å². The molecule has 0 fully saturated rings. The van der Waals surface area contributed by atoms with Gasteiger partial charge < -0.3 is 10.2 Å². The Morgan fingerprint density at radius 3 is 2.15 bits per heavy atom. The van der Waals surface area contributed by atoms with E-state index < -0.39 is 28.5 Å². The Morgan fingerprint density at radius 1 is 0.923 bits per heavy atom. The van der Waals surface area contributed by atoms with Gasteiger partial charge in [0.25, 0.3) is 0 Å². The average Bonchev–Trinajstić information content (AvgIpc) is 2.86. The van der Waals surface area contributed by atoms with Gasteiger partial charge >= 0.3 is 0 Å². The zero-order valence-corrected chi connectivity index (χ0v) is 25.7. The van der Waals surface area contributed by atoms with Gasteiger partial charge in [-0.05, 0) is 65.2 Å². The zero-order chi connectivity index (χ0) is 28.7. The van der Waals surface area contributed by atoms with E-state index >= 15 is 0 Å². The van der Waals surface area contributed by atoms with Crippen LogP contribution in [0.5, 0.6) is 0 Å². The lowest BCUT2D eigenvalue weighted by atomic mass is 10.0. The molecule has 0 heterocycles. The number of benzene rings is 3. The summed E-state index contributed by atoms with van der Waals surface area (Å²) in [5.74, 6) is -0.906. The monoisotopic (exact) mass is 653 g/mol. The van der Waals surface area contributed by atoms with Crippen LogP contribution in [-0.2, 0) is 32.6 Å². The Morgan fingerprint density at radius 2 is 1.56 bits per heavy atom. The highest BCUT2D eigenvalue weighted by Gasteiger charge is 2.33. The molecule has 0 aliphatic carbocycles. The van der Waals surface area contributed by atoms with E-state index in [0.29, 0.717) is 25.8 Å². The van der Waals surface area contributed by atoms with Crippen molar-refractivity contribution in [3.05, 3.63) is 98.4 Å². The van der Waals surface area contributed by atoms with Crippen LogP contribution in [0.3, 0.4) is 0 Å². The number of nitrogens with zero attached hydrogens (tertiary/aromatic N) is 2. The number of rotatable bonds is 11. The molecule has 0 aromatic heterocycles. The molecule has 3 aromatic carbocycles. The summed E-state index contributed by atoms with van der Waals surface area (Å²) in [6, 6.07) is 19.9. The molecule has 11 heteroatoms. The maximum Gasteiger partial charge on any atom is 0.244 e. The van der Waals surface area contributed by atoms with Crippen LogP contribution in [0.2, 0.25) is 10.0 Å². The molecule has 3 aromatic rings. The van der Waals surface area contributed by atoms with Crippen LogP contribution < -0.4 is 9.62 Å². The third kappa shape index (κ3) is 8.70. The molecule has 2 amide bonds. The Bertz CT molecular complexity index is 1420. The van der Waals surface area contributed by atoms with E-state index in [9.17, 15) is 18.0 Å². The van der Waals surface area contributed by atoms with E-state index in [-0.39, 0.29) is 24.9 Å². The number of hydrogen-bond donors (Lipinski definition) is 1. The second kappa shape index (κ2) is 13.7. The van der Waals surface area contributed by atoms with Gasteiger partial charge in [-0.15, -0.1) is 0 Å². The number of sulfonamides is 1. The molecule has 3 rings (SSSR count). The molecule has 0 saturated heterocycles. The van der Waals surface area contributed by atoms with Gasteiger partial charge in [-0.25, -0.2) is 8.42 Å². The molecular formula is C28H30BrCl2N3O4S. The van der Waals surface area contributed by atoms with Crippen LogP contribution >= 0.6 is 39.1 Å². The van der Waals surface area contributed by atoms with E-state index in [1.807, 2.05) is 44.2 Å². The van der Waals surface area contributed by atoms with Crippen molar-refractivity contribution in [2.75, 3.05) is 17.1 Å². The van der Waals surface area contributed by atoms with Crippen molar-refractivity contribution in [2.45, 2.75) is 38.9 Å². The molecule has 1 atom stereocenters. The van der Waals surface area contributed by atoms with Crippen molar-refractivity contribution in [3.8, 4) is 0 Å². The summed E-state index contributed by atoms with van der Waals surface area (Å²) in [7, 11) is -3.86. The fraction of sp³-hybridized carbons (Fsp3) is 0.286. The Balaban J connectivity index is 2.08. The summed E-state index contributed by atoms with van der Waals surface area (Å²) in [6.07, 6.45) is 1.26. The van der Waals surface area contributed by atoms with Gasteiger partial charge in [-0.1, -0.05) is 71.7 Å². The number of carbonyl (C=O) groups is 2. The van der Waals surface area contributed by atoms with Crippen molar-refractivity contribution in [1.29, 1.82) is 0 Å². The summed E-state index contributed by atoms with van der Waals surface area (Å²) >= 11 is 15.7. The first-order valence-electron chi connectivity index (χ1n) is 12.2. The van der Waals surface area contributed by atoms with E-state index in [0.717, 1.165) is 16.1 Å². The van der Waals surface area contributed by atoms with Crippen LogP contribution in [0.1, 0.15) is 25.0 Å². The van der Waals surface area contributed by atoms with Crippen molar-refractivity contribution in [3.63, 3.8) is 0 Å². The van der Waals surface area contributed by atoms with Crippen LogP contribution in [0.15, 0.2) is 77.3 Å². The lowest BCUT2D eigenvalue weighted by molar-refractivity contribution is -0.140. The standard InChI is InChI=1S/C28H30BrCl2N3O4S/c1-19(2)32-28(36)26(16-20-9-5-4-6-10-20)33(17-21-13-14-23(30)24(31)15-21)27(35)18-34(39(3,37)38)25-12-8-7-11-22(25)29/h4-15,19,26H,16-18H2,1-3H3,(H,32,36). The Kier molecular flexibility index (Phi) is 10.8. The van der Waals surface area contributed by atoms with Gasteiger partial charge in [0.1, 0.15) is 12.6 Å². The minimum atomic E-state index is -3.86. The van der Waals surface area contributed by atoms with Crippen molar-refractivity contribution in [1.82, 2.24) is 10.2 Å². The van der Waals surface area contributed by atoms with Crippen LogP contribution in [0.4, 0.5) is 5.69 Å². The first-order valence-corrected chi connectivity index (χ1v) is 15.6. The van der Waals surface area contributed by atoms with E-state index in [1.165, 1.54) is 4.90 Å². The van der Waals surface area contributed by atoms with Crippen LogP contribution in [0.25, 0.3) is 0 Å². The molecule has 208 valence electrons. The van der Waals surface area contributed by atoms with Gasteiger partial charge in [-0.2, -0.15) is 0 Å². The smallest absolute Gasteiger partial charge is 0.244 e. The molecule has 7 nitrogen and oxygen atoms in total. The predicted molar refractivity (Wildman–Crippen MR) is 161 cm³/mol. The molecule has 1 unspecified atom stereocenters. The number of para-hydroxylation sites is 1. The first-order chi connectivity index (χ1) is 18.4. The number of carbonyl (C=O) groups excluding carboxylic acids is 2. The third-order valence-corrected chi connectivity index (χ3v) is 8.38. The van der Waals surface area contributed by atoms with Crippen LogP contribution in [0, 0.1) is 0 Å². The molecule has 0 radical (unpaired) electrons. The third-order valence-electron chi connectivity index (χ3n) is 5.84. The summed E-state index contributed by atoms with van der Waals surface area (Å²) in [5, 5.41) is 3.57. The molecule has 0 bridgehead atoms. The molecular weight excluding hydrogens is 625 g/mol. The highest BCUT2D eigenvalue weighted by molar-refractivity contribution is 9.10. The fourth-order valence-electron chi connectivity index (χ4n) is 4.02. The zero-order valence-electron chi connectivity index (χ0n) is 21.8. The fourth-order valence-corrected chi connectivity index (χ4v) is 5.82. The normalized spacial score (nSPS) is 12.2. The van der Waals surface area contributed by atoms with Crippen LogP contribution in [-0.4, -0.2) is 50.0 Å². The molecule has 0 aliphatic rings. The first kappa shape index (κ1) is 30.9. The lowest BCUT2D eigenvalue weighted by Crippen LogP contribution is -2.54. The summed E-state index contributed by atoms with van der Waals surface area (Å²) in [5.41, 5.74) is 1.80. The summed E-state index contributed by atoms with van der Waals surface area (Å²) in [4.78, 5) is 29.0. The molecule has 0 spiro atoms. The minimum Gasteiger partial charge on any atom is -0.352 e. The average molecular weight is 655 g/mol. The topological polar surface area (TPSA) is 86.8 Å². The van der Waals surface area contributed by atoms with Crippen molar-refractivity contribution >= 4 is 66.7 Å². The minimum absolute atomic E-state index is 0.00625. The molecule has 39 heavy (non-hydrogen) atoms. The van der Waals surface area contributed by atoms with Gasteiger partial charge in [0.15, 0.2) is 0 Å². The van der Waals surface area contributed by atoms with Gasteiger partial charge in [0.05, 0.1) is 22.0 Å². The van der Waals surface area contributed by atoms with Gasteiger partial charge in [0, 0.05) is 23.5 Å².